The Balaban J connectivity index is 1.67. The van der Waals surface area contributed by atoms with E-state index in [9.17, 15) is 9.59 Å². The second-order valence-corrected chi connectivity index (χ2v) is 6.48. The van der Waals surface area contributed by atoms with Crippen LogP contribution in [-0.2, 0) is 0 Å². The van der Waals surface area contributed by atoms with Crippen LogP contribution in [0, 0.1) is 0 Å². The minimum atomic E-state index is -0.614. The van der Waals surface area contributed by atoms with Crippen LogP contribution in [0.25, 0.3) is 11.3 Å². The van der Waals surface area contributed by atoms with Crippen LogP contribution in [0.1, 0.15) is 20.9 Å². The fraction of sp³-hybridized carbons (Fsp3) is 0. The van der Waals surface area contributed by atoms with Crippen molar-refractivity contribution in [2.24, 2.45) is 0 Å². The Bertz CT molecular complexity index is 968. The summed E-state index contributed by atoms with van der Waals surface area (Å²) in [5, 5.41) is 1.43. The average Bonchev–Trinajstić information content (AvgIpc) is 3.12. The van der Waals surface area contributed by atoms with Gasteiger partial charge in [-0.25, -0.2) is 0 Å². The van der Waals surface area contributed by atoms with Crippen LogP contribution in [0.5, 0.6) is 0 Å². The molecule has 0 fully saturated rings. The molecule has 132 valence electrons. The Hall–Kier alpha value is -2.47. The van der Waals surface area contributed by atoms with E-state index in [1.807, 2.05) is 0 Å². The second-order valence-electron chi connectivity index (χ2n) is 5.20. The minimum absolute atomic E-state index is 0.00690. The number of rotatable bonds is 3. The van der Waals surface area contributed by atoms with Gasteiger partial charge < -0.3 is 4.42 Å². The van der Waals surface area contributed by atoms with Gasteiger partial charge in [0.05, 0.1) is 5.02 Å². The van der Waals surface area contributed by atoms with Crippen molar-refractivity contribution in [3.63, 3.8) is 0 Å². The zero-order chi connectivity index (χ0) is 18.7. The molecule has 0 saturated carbocycles. The smallest absolute Gasteiger partial charge is 0.305 e. The maximum Gasteiger partial charge on any atom is 0.305 e. The van der Waals surface area contributed by atoms with E-state index in [4.69, 9.17) is 39.2 Å². The summed E-state index contributed by atoms with van der Waals surface area (Å²) in [5.41, 5.74) is 5.48. The first-order chi connectivity index (χ1) is 12.4. The van der Waals surface area contributed by atoms with Crippen molar-refractivity contribution >= 4 is 46.6 Å². The van der Waals surface area contributed by atoms with Crippen LogP contribution in [-0.4, -0.2) is 11.8 Å². The summed E-state index contributed by atoms with van der Waals surface area (Å²) in [5.74, 6) is -0.712. The van der Waals surface area contributed by atoms with Gasteiger partial charge in [0.25, 0.3) is 5.91 Å². The molecule has 2 amide bonds. The summed E-state index contributed by atoms with van der Waals surface area (Å²) >= 11 is 17.8. The molecule has 0 spiro atoms. The Morgan fingerprint density at radius 3 is 2.15 bits per heavy atom. The highest BCUT2D eigenvalue weighted by Crippen LogP contribution is 2.31. The summed E-state index contributed by atoms with van der Waals surface area (Å²) < 4.78 is 5.50. The fourth-order valence-corrected chi connectivity index (χ4v) is 2.65. The maximum absolute atomic E-state index is 12.1. The lowest BCUT2D eigenvalue weighted by Gasteiger charge is -2.06. The van der Waals surface area contributed by atoms with Gasteiger partial charge in [-0.2, -0.15) is 0 Å². The lowest BCUT2D eigenvalue weighted by atomic mass is 10.2. The van der Waals surface area contributed by atoms with Crippen LogP contribution < -0.4 is 10.9 Å². The van der Waals surface area contributed by atoms with Crippen LogP contribution >= 0.6 is 34.8 Å². The fourth-order valence-electron chi connectivity index (χ4n) is 2.14. The number of amides is 2. The van der Waals surface area contributed by atoms with E-state index in [0.717, 1.165) is 0 Å². The normalized spacial score (nSPS) is 10.4. The molecule has 5 nitrogen and oxygen atoms in total. The SMILES string of the molecule is O=C(NNC(=O)c1ccc(-c2cc(Cl)ccc2Cl)o1)c1ccc(Cl)cc1. The van der Waals surface area contributed by atoms with Crippen molar-refractivity contribution in [3.05, 3.63) is 81.0 Å². The molecule has 0 aliphatic carbocycles. The maximum atomic E-state index is 12.1. The summed E-state index contributed by atoms with van der Waals surface area (Å²) in [6.45, 7) is 0. The molecule has 3 rings (SSSR count). The third-order valence-corrected chi connectivity index (χ3v) is 4.24. The average molecular weight is 410 g/mol. The summed E-state index contributed by atoms with van der Waals surface area (Å²) in [4.78, 5) is 24.1. The summed E-state index contributed by atoms with van der Waals surface area (Å²) in [6.07, 6.45) is 0. The van der Waals surface area contributed by atoms with Gasteiger partial charge in [-0.1, -0.05) is 34.8 Å². The first-order valence-corrected chi connectivity index (χ1v) is 8.49. The van der Waals surface area contributed by atoms with E-state index in [1.54, 1.807) is 36.4 Å². The third kappa shape index (κ3) is 4.19. The molecule has 1 aromatic heterocycles. The minimum Gasteiger partial charge on any atom is -0.451 e. The van der Waals surface area contributed by atoms with Crippen LogP contribution in [0.2, 0.25) is 15.1 Å². The number of carbonyl (C=O) groups excluding carboxylic acids is 2. The highest BCUT2D eigenvalue weighted by atomic mass is 35.5. The molecule has 2 aromatic carbocycles. The number of hydrazine groups is 1. The zero-order valence-corrected chi connectivity index (χ0v) is 15.3. The Kier molecular flexibility index (Phi) is 5.52. The van der Waals surface area contributed by atoms with Gasteiger partial charge in [0, 0.05) is 21.2 Å². The molecule has 0 radical (unpaired) electrons. The number of hydrogen-bond donors (Lipinski definition) is 2. The first-order valence-electron chi connectivity index (χ1n) is 7.35. The van der Waals surface area contributed by atoms with E-state index in [-0.39, 0.29) is 5.76 Å². The third-order valence-electron chi connectivity index (χ3n) is 3.42. The lowest BCUT2D eigenvalue weighted by Crippen LogP contribution is -2.41. The van der Waals surface area contributed by atoms with Crippen LogP contribution in [0.3, 0.4) is 0 Å². The van der Waals surface area contributed by atoms with Crippen molar-refractivity contribution in [2.45, 2.75) is 0 Å². The number of nitrogens with one attached hydrogen (secondary N) is 2. The number of hydrogen-bond acceptors (Lipinski definition) is 3. The van der Waals surface area contributed by atoms with Gasteiger partial charge in [0.1, 0.15) is 5.76 Å². The highest BCUT2D eigenvalue weighted by molar-refractivity contribution is 6.35. The standard InChI is InChI=1S/C18H11Cl3N2O3/c19-11-3-1-10(2-4-11)17(24)22-23-18(25)16-8-7-15(26-16)13-9-12(20)5-6-14(13)21/h1-9H,(H,22,24)(H,23,25). The molecular weight excluding hydrogens is 399 g/mol. The predicted octanol–water partition coefficient (Wildman–Crippen LogP) is 4.98. The molecule has 1 heterocycles. The van der Waals surface area contributed by atoms with Crippen molar-refractivity contribution in [1.29, 1.82) is 0 Å². The zero-order valence-electron chi connectivity index (χ0n) is 13.1. The van der Waals surface area contributed by atoms with Crippen molar-refractivity contribution in [2.75, 3.05) is 0 Å². The monoisotopic (exact) mass is 408 g/mol. The highest BCUT2D eigenvalue weighted by Gasteiger charge is 2.15. The number of halogens is 3. The van der Waals surface area contributed by atoms with E-state index >= 15 is 0 Å². The Labute approximate surface area is 163 Å². The molecule has 0 bridgehead atoms. The van der Waals surface area contributed by atoms with E-state index in [0.29, 0.717) is 32.0 Å². The molecule has 8 heteroatoms. The van der Waals surface area contributed by atoms with Gasteiger partial charge >= 0.3 is 5.91 Å². The van der Waals surface area contributed by atoms with E-state index < -0.39 is 11.8 Å². The van der Waals surface area contributed by atoms with Crippen LogP contribution in [0.15, 0.2) is 59.0 Å². The number of carbonyl (C=O) groups is 2. The van der Waals surface area contributed by atoms with Gasteiger partial charge in [-0.3, -0.25) is 20.4 Å². The van der Waals surface area contributed by atoms with Crippen molar-refractivity contribution in [3.8, 4) is 11.3 Å². The van der Waals surface area contributed by atoms with Crippen molar-refractivity contribution in [1.82, 2.24) is 10.9 Å². The molecule has 0 unspecified atom stereocenters. The Morgan fingerprint density at radius 1 is 0.769 bits per heavy atom. The Morgan fingerprint density at radius 2 is 1.42 bits per heavy atom. The predicted molar refractivity (Wildman–Crippen MR) is 101 cm³/mol. The van der Waals surface area contributed by atoms with E-state index in [2.05, 4.69) is 10.9 Å². The molecular formula is C18H11Cl3N2O3. The van der Waals surface area contributed by atoms with Crippen molar-refractivity contribution < 1.29 is 14.0 Å². The molecule has 0 aliphatic rings. The van der Waals surface area contributed by atoms with Gasteiger partial charge in [0.15, 0.2) is 5.76 Å². The van der Waals surface area contributed by atoms with Gasteiger partial charge in [-0.15, -0.1) is 0 Å². The largest absolute Gasteiger partial charge is 0.451 e. The molecule has 26 heavy (non-hydrogen) atoms. The topological polar surface area (TPSA) is 71.3 Å². The molecule has 0 aliphatic heterocycles. The molecule has 2 N–H and O–H groups in total. The molecule has 0 atom stereocenters. The molecule has 3 aromatic rings. The summed E-state index contributed by atoms with van der Waals surface area (Å²) in [6, 6.07) is 14.2. The first kappa shape index (κ1) is 18.3. The van der Waals surface area contributed by atoms with Crippen LogP contribution in [0.4, 0.5) is 0 Å². The van der Waals surface area contributed by atoms with Gasteiger partial charge in [0.2, 0.25) is 0 Å². The number of benzene rings is 2. The molecule has 0 saturated heterocycles. The lowest BCUT2D eigenvalue weighted by molar-refractivity contribution is 0.0831. The quantitative estimate of drug-likeness (QED) is 0.599. The number of furan rings is 1. The second kappa shape index (κ2) is 7.83. The summed E-state index contributed by atoms with van der Waals surface area (Å²) in [7, 11) is 0. The van der Waals surface area contributed by atoms with Gasteiger partial charge in [-0.05, 0) is 54.6 Å². The van der Waals surface area contributed by atoms with E-state index in [1.165, 1.54) is 18.2 Å².